The fourth-order valence-corrected chi connectivity index (χ4v) is 11.2. The molecule has 0 radical (unpaired) electrons. The summed E-state index contributed by atoms with van der Waals surface area (Å²) in [6.45, 7) is 1.66. The Balaban J connectivity index is 1.09. The summed E-state index contributed by atoms with van der Waals surface area (Å²) in [5.41, 5.74) is 2.00. The number of benzene rings is 3. The standard InChI is InChI=1S/C36H30FN3O7S2/c1-2-46-35(44)17-7-13-20(14-8-17)40-33(42)28-22-15-23(29(28)34(40)43)30-27(22)26(31-32(48-30)39-36(45)49-31)21-5-3-4-6-24(21)47-16-25(41)38-19-11-9-18(37)10-12-19/h3-14,22-23,26-30H,2,15-16H2,1H3,(H,38,41)(H,39,45)/t22?,23?,26-,27?,28?,29?,30?/m1/s1. The van der Waals surface area contributed by atoms with Crippen LogP contribution in [0.2, 0.25) is 0 Å². The second kappa shape index (κ2) is 12.3. The first kappa shape index (κ1) is 31.5. The van der Waals surface area contributed by atoms with Crippen molar-refractivity contribution in [1.82, 2.24) is 4.98 Å². The Morgan fingerprint density at radius 3 is 2.41 bits per heavy atom. The van der Waals surface area contributed by atoms with Crippen LogP contribution in [0.5, 0.6) is 5.75 Å². The first-order valence-corrected chi connectivity index (χ1v) is 17.7. The van der Waals surface area contributed by atoms with Gasteiger partial charge in [0.15, 0.2) is 6.61 Å². The van der Waals surface area contributed by atoms with Crippen LogP contribution in [-0.4, -0.2) is 47.1 Å². The van der Waals surface area contributed by atoms with Crippen LogP contribution in [0.25, 0.3) is 0 Å². The number of imide groups is 1. The summed E-state index contributed by atoms with van der Waals surface area (Å²) in [6, 6.07) is 19.2. The maximum atomic E-state index is 14.2. The molecule has 6 unspecified atom stereocenters. The van der Waals surface area contributed by atoms with Crippen molar-refractivity contribution >= 4 is 58.2 Å². The van der Waals surface area contributed by atoms with Crippen LogP contribution >= 0.6 is 23.1 Å². The molecule has 1 saturated heterocycles. The van der Waals surface area contributed by atoms with Crippen LogP contribution in [0.4, 0.5) is 15.8 Å². The molecule has 3 heterocycles. The van der Waals surface area contributed by atoms with Crippen LogP contribution < -0.4 is 19.8 Å². The number of esters is 1. The van der Waals surface area contributed by atoms with Gasteiger partial charge in [0.05, 0.1) is 34.7 Å². The van der Waals surface area contributed by atoms with E-state index in [1.165, 1.54) is 29.2 Å². The third-order valence-electron chi connectivity index (χ3n) is 10.1. The first-order chi connectivity index (χ1) is 23.7. The molecule has 3 aromatic carbocycles. The second-order valence-electron chi connectivity index (χ2n) is 12.6. The molecule has 49 heavy (non-hydrogen) atoms. The van der Waals surface area contributed by atoms with E-state index in [0.29, 0.717) is 29.1 Å². The van der Waals surface area contributed by atoms with Gasteiger partial charge in [0.1, 0.15) is 11.6 Å². The fourth-order valence-electron chi connectivity index (χ4n) is 8.32. The Morgan fingerprint density at radius 1 is 0.959 bits per heavy atom. The second-order valence-corrected chi connectivity index (χ2v) is 14.8. The maximum Gasteiger partial charge on any atom is 0.338 e. The Morgan fingerprint density at radius 2 is 1.67 bits per heavy atom. The SMILES string of the molecule is CCOC(=O)c1ccc(N2C(=O)C3C4CC(C3C2=O)C2C4Sc3[nH]c(=O)sc3[C@@H]2c2ccccc2OCC(=O)Nc2ccc(F)cc2)cc1. The predicted octanol–water partition coefficient (Wildman–Crippen LogP) is 5.45. The third kappa shape index (κ3) is 5.26. The van der Waals surface area contributed by atoms with E-state index in [4.69, 9.17) is 9.47 Å². The number of nitrogens with zero attached hydrogens (tertiary/aromatic N) is 1. The highest BCUT2D eigenvalue weighted by Gasteiger charge is 2.69. The largest absolute Gasteiger partial charge is 0.483 e. The van der Waals surface area contributed by atoms with Gasteiger partial charge in [0.25, 0.3) is 5.91 Å². The van der Waals surface area contributed by atoms with Gasteiger partial charge in [0, 0.05) is 27.3 Å². The van der Waals surface area contributed by atoms with Gasteiger partial charge >= 0.3 is 10.8 Å². The lowest BCUT2D eigenvalue weighted by atomic mass is 9.68. The van der Waals surface area contributed by atoms with E-state index in [2.05, 4.69) is 10.3 Å². The molecule has 13 heteroatoms. The lowest BCUT2D eigenvalue weighted by molar-refractivity contribution is -0.123. The maximum absolute atomic E-state index is 14.2. The number of nitrogens with one attached hydrogen (secondary N) is 2. The van der Waals surface area contributed by atoms with Crippen LogP contribution in [0.3, 0.4) is 0 Å². The molecule has 3 fully saturated rings. The van der Waals surface area contributed by atoms with E-state index in [1.54, 1.807) is 49.0 Å². The van der Waals surface area contributed by atoms with Crippen molar-refractivity contribution in [2.75, 3.05) is 23.4 Å². The van der Waals surface area contributed by atoms with Crippen LogP contribution in [0.15, 0.2) is 82.6 Å². The smallest absolute Gasteiger partial charge is 0.338 e. The zero-order valence-corrected chi connectivity index (χ0v) is 27.7. The Hall–Kier alpha value is -4.75. The lowest BCUT2D eigenvalue weighted by Crippen LogP contribution is -2.42. The quantitative estimate of drug-likeness (QED) is 0.183. The van der Waals surface area contributed by atoms with E-state index in [-0.39, 0.29) is 58.8 Å². The van der Waals surface area contributed by atoms with Crippen LogP contribution in [-0.2, 0) is 19.1 Å². The summed E-state index contributed by atoms with van der Waals surface area (Å²) in [7, 11) is 0. The van der Waals surface area contributed by atoms with E-state index in [9.17, 15) is 28.4 Å². The van der Waals surface area contributed by atoms with Gasteiger partial charge < -0.3 is 19.8 Å². The van der Waals surface area contributed by atoms with Crippen molar-refractivity contribution in [3.05, 3.63) is 104 Å². The molecule has 1 aromatic heterocycles. The van der Waals surface area contributed by atoms with Crippen molar-refractivity contribution in [3.63, 3.8) is 0 Å². The molecule has 2 saturated carbocycles. The number of aromatic amines is 1. The number of rotatable bonds is 8. The number of para-hydroxylation sites is 1. The van der Waals surface area contributed by atoms with Gasteiger partial charge in [-0.3, -0.25) is 24.1 Å². The van der Waals surface area contributed by atoms with E-state index < -0.39 is 29.5 Å². The van der Waals surface area contributed by atoms with E-state index >= 15 is 0 Å². The van der Waals surface area contributed by atoms with Crippen molar-refractivity contribution in [3.8, 4) is 5.75 Å². The summed E-state index contributed by atoms with van der Waals surface area (Å²) in [4.78, 5) is 70.8. The predicted molar refractivity (Wildman–Crippen MR) is 180 cm³/mol. The minimum absolute atomic E-state index is 0.0354. The van der Waals surface area contributed by atoms with Gasteiger partial charge in [-0.1, -0.05) is 29.5 Å². The van der Waals surface area contributed by atoms with E-state index in [0.717, 1.165) is 26.8 Å². The molecule has 250 valence electrons. The Bertz CT molecular complexity index is 2050. The van der Waals surface area contributed by atoms with Gasteiger partial charge in [-0.05, 0) is 85.7 Å². The van der Waals surface area contributed by atoms with Crippen molar-refractivity contribution in [1.29, 1.82) is 0 Å². The zero-order chi connectivity index (χ0) is 34.0. The number of carbonyl (C=O) groups is 4. The first-order valence-electron chi connectivity index (χ1n) is 16.0. The fraction of sp³-hybridized carbons (Fsp3) is 0.306. The van der Waals surface area contributed by atoms with Crippen molar-refractivity contribution < 1.29 is 33.0 Å². The number of thioether (sulfide) groups is 1. The number of carbonyl (C=O) groups excluding carboxylic acids is 4. The lowest BCUT2D eigenvalue weighted by Gasteiger charge is -2.43. The number of anilines is 2. The Kier molecular flexibility index (Phi) is 7.91. The van der Waals surface area contributed by atoms with Gasteiger partial charge in [-0.2, -0.15) is 0 Å². The topological polar surface area (TPSA) is 135 Å². The molecular weight excluding hydrogens is 670 g/mol. The van der Waals surface area contributed by atoms with Crippen molar-refractivity contribution in [2.24, 2.45) is 29.6 Å². The molecule has 3 amide bonds. The number of fused-ring (bicyclic) bond motifs is 9. The van der Waals surface area contributed by atoms with Crippen molar-refractivity contribution in [2.45, 2.75) is 29.5 Å². The number of amides is 3. The molecule has 0 spiro atoms. The molecule has 2 N–H and O–H groups in total. The van der Waals surface area contributed by atoms with Gasteiger partial charge in [0.2, 0.25) is 11.8 Å². The summed E-state index contributed by atoms with van der Waals surface area (Å²) < 4.78 is 24.5. The normalized spacial score (nSPS) is 26.2. The summed E-state index contributed by atoms with van der Waals surface area (Å²) >= 11 is 2.72. The minimum Gasteiger partial charge on any atom is -0.483 e. The molecular formula is C36H30FN3O7S2. The summed E-state index contributed by atoms with van der Waals surface area (Å²) in [6.07, 6.45) is 0.712. The number of hydrogen-bond donors (Lipinski definition) is 2. The summed E-state index contributed by atoms with van der Waals surface area (Å²) in [5, 5.41) is 3.43. The molecule has 10 nitrogen and oxygen atoms in total. The molecule has 2 aliphatic carbocycles. The number of thiazole rings is 1. The third-order valence-corrected chi connectivity index (χ3v) is 12.7. The minimum atomic E-state index is -0.515. The highest BCUT2D eigenvalue weighted by Crippen LogP contribution is 2.69. The molecule has 2 bridgehead atoms. The summed E-state index contributed by atoms with van der Waals surface area (Å²) in [5.74, 6) is -2.89. The average molecular weight is 700 g/mol. The Labute approximate surface area is 288 Å². The van der Waals surface area contributed by atoms with Gasteiger partial charge in [-0.15, -0.1) is 11.8 Å². The molecule has 4 aliphatic rings. The monoisotopic (exact) mass is 699 g/mol. The molecule has 2 aliphatic heterocycles. The molecule has 8 rings (SSSR count). The van der Waals surface area contributed by atoms with Gasteiger partial charge in [-0.25, -0.2) is 9.18 Å². The number of ether oxygens (including phenoxy) is 2. The number of aromatic nitrogens is 1. The number of halogens is 1. The number of H-pyrrole nitrogens is 1. The molecule has 4 aromatic rings. The number of hydrogen-bond acceptors (Lipinski definition) is 9. The van der Waals surface area contributed by atoms with E-state index in [1.807, 2.05) is 18.2 Å². The highest BCUT2D eigenvalue weighted by atomic mass is 32.2. The van der Waals surface area contributed by atoms with Crippen LogP contribution in [0, 0.1) is 35.4 Å². The van der Waals surface area contributed by atoms with Crippen LogP contribution in [0.1, 0.15) is 40.1 Å². The average Bonchev–Trinajstić information content (AvgIpc) is 3.84. The highest BCUT2D eigenvalue weighted by molar-refractivity contribution is 8.00. The zero-order valence-electron chi connectivity index (χ0n) is 26.1. The molecule has 7 atom stereocenters.